The minimum atomic E-state index is 0.0804. The van der Waals surface area contributed by atoms with E-state index in [0.717, 1.165) is 30.6 Å². The molecule has 3 rings (SSSR count). The van der Waals surface area contributed by atoms with Crippen molar-refractivity contribution in [3.63, 3.8) is 0 Å². The summed E-state index contributed by atoms with van der Waals surface area (Å²) >= 11 is 0. The molecule has 1 atom stereocenters. The summed E-state index contributed by atoms with van der Waals surface area (Å²) in [6.07, 6.45) is 5.81. The number of amides is 1. The van der Waals surface area contributed by atoms with Crippen molar-refractivity contribution in [2.24, 2.45) is 5.92 Å². The van der Waals surface area contributed by atoms with E-state index < -0.39 is 0 Å². The fraction of sp³-hybridized carbons (Fsp3) is 0.533. The van der Waals surface area contributed by atoms with Crippen LogP contribution in [0, 0.1) is 12.8 Å². The normalized spacial score (nSPS) is 18.9. The van der Waals surface area contributed by atoms with Gasteiger partial charge < -0.3 is 10.0 Å². The molecule has 1 unspecified atom stereocenters. The number of carbonyl (C=O) groups is 1. The third-order valence-electron chi connectivity index (χ3n) is 4.10. The Hall–Kier alpha value is -2.11. The van der Waals surface area contributed by atoms with Gasteiger partial charge in [-0.25, -0.2) is 9.50 Å². The lowest BCUT2D eigenvalue weighted by Gasteiger charge is -2.16. The van der Waals surface area contributed by atoms with Crippen LogP contribution in [0.4, 0.5) is 0 Å². The predicted octanol–water partition coefficient (Wildman–Crippen LogP) is 1.89. The summed E-state index contributed by atoms with van der Waals surface area (Å²) in [5.74, 6) is 0.768. The van der Waals surface area contributed by atoms with Gasteiger partial charge in [-0.05, 0) is 19.3 Å². The SMILES string of the molecule is CCCC1CC(=O)N(Cc2c(C)nn3cc(O)cnc23)C1. The van der Waals surface area contributed by atoms with Crippen molar-refractivity contribution in [1.29, 1.82) is 0 Å². The maximum atomic E-state index is 12.1. The van der Waals surface area contributed by atoms with E-state index in [1.165, 1.54) is 12.4 Å². The van der Waals surface area contributed by atoms with Gasteiger partial charge in [-0.3, -0.25) is 4.79 Å². The molecule has 1 aliphatic rings. The van der Waals surface area contributed by atoms with Gasteiger partial charge in [0.05, 0.1) is 24.6 Å². The van der Waals surface area contributed by atoms with Gasteiger partial charge in [0.2, 0.25) is 5.91 Å². The van der Waals surface area contributed by atoms with Gasteiger partial charge in [0, 0.05) is 18.5 Å². The Morgan fingerprint density at radius 1 is 1.48 bits per heavy atom. The Bertz CT molecular complexity index is 680. The Balaban J connectivity index is 1.85. The Kier molecular flexibility index (Phi) is 3.53. The number of nitrogens with zero attached hydrogens (tertiary/aromatic N) is 4. The van der Waals surface area contributed by atoms with E-state index in [4.69, 9.17) is 0 Å². The largest absolute Gasteiger partial charge is 0.505 e. The topological polar surface area (TPSA) is 70.7 Å². The minimum absolute atomic E-state index is 0.0804. The zero-order valence-corrected chi connectivity index (χ0v) is 12.4. The highest BCUT2D eigenvalue weighted by Crippen LogP contribution is 2.26. The molecule has 1 fully saturated rings. The second-order valence-electron chi connectivity index (χ2n) is 5.78. The van der Waals surface area contributed by atoms with E-state index in [-0.39, 0.29) is 11.7 Å². The van der Waals surface area contributed by atoms with Crippen LogP contribution in [0.1, 0.15) is 37.4 Å². The molecule has 3 heterocycles. The third-order valence-corrected chi connectivity index (χ3v) is 4.10. The molecule has 2 aromatic rings. The smallest absolute Gasteiger partial charge is 0.223 e. The second-order valence-corrected chi connectivity index (χ2v) is 5.78. The van der Waals surface area contributed by atoms with Crippen LogP contribution in [-0.4, -0.2) is 37.1 Å². The number of fused-ring (bicyclic) bond motifs is 1. The fourth-order valence-electron chi connectivity index (χ4n) is 3.07. The molecule has 0 aromatic carbocycles. The molecular formula is C15H20N4O2. The Morgan fingerprint density at radius 2 is 2.29 bits per heavy atom. The van der Waals surface area contributed by atoms with E-state index >= 15 is 0 Å². The lowest BCUT2D eigenvalue weighted by molar-refractivity contribution is -0.128. The molecule has 112 valence electrons. The number of hydrogen-bond donors (Lipinski definition) is 1. The van der Waals surface area contributed by atoms with Crippen molar-refractivity contribution in [2.45, 2.75) is 39.7 Å². The molecule has 21 heavy (non-hydrogen) atoms. The summed E-state index contributed by atoms with van der Waals surface area (Å²) in [4.78, 5) is 18.3. The summed E-state index contributed by atoms with van der Waals surface area (Å²) in [6, 6.07) is 0. The molecule has 0 bridgehead atoms. The molecule has 0 aliphatic carbocycles. The Morgan fingerprint density at radius 3 is 3.05 bits per heavy atom. The van der Waals surface area contributed by atoms with Crippen LogP contribution >= 0.6 is 0 Å². The van der Waals surface area contributed by atoms with Gasteiger partial charge in [0.1, 0.15) is 0 Å². The van der Waals surface area contributed by atoms with Crippen molar-refractivity contribution in [2.75, 3.05) is 6.54 Å². The lowest BCUT2D eigenvalue weighted by Crippen LogP contribution is -2.25. The fourth-order valence-corrected chi connectivity index (χ4v) is 3.07. The number of aryl methyl sites for hydroxylation is 1. The highest BCUT2D eigenvalue weighted by Gasteiger charge is 2.30. The van der Waals surface area contributed by atoms with Gasteiger partial charge in [-0.1, -0.05) is 13.3 Å². The molecule has 1 saturated heterocycles. The average Bonchev–Trinajstić information content (AvgIpc) is 2.91. The molecule has 6 nitrogen and oxygen atoms in total. The molecule has 1 N–H and O–H groups in total. The third kappa shape index (κ3) is 2.57. The zero-order valence-electron chi connectivity index (χ0n) is 12.4. The van der Waals surface area contributed by atoms with Gasteiger partial charge in [0.15, 0.2) is 11.4 Å². The summed E-state index contributed by atoms with van der Waals surface area (Å²) < 4.78 is 1.57. The van der Waals surface area contributed by atoms with Crippen molar-refractivity contribution < 1.29 is 9.90 Å². The number of hydrogen-bond acceptors (Lipinski definition) is 4. The molecule has 1 aliphatic heterocycles. The van der Waals surface area contributed by atoms with Crippen molar-refractivity contribution in [3.05, 3.63) is 23.7 Å². The first kappa shape index (κ1) is 13.9. The average molecular weight is 288 g/mol. The summed E-state index contributed by atoms with van der Waals surface area (Å²) in [5.41, 5.74) is 2.51. The van der Waals surface area contributed by atoms with Crippen molar-refractivity contribution in [1.82, 2.24) is 19.5 Å². The first-order valence-electron chi connectivity index (χ1n) is 7.39. The van der Waals surface area contributed by atoms with E-state index in [1.54, 1.807) is 4.52 Å². The summed E-state index contributed by atoms with van der Waals surface area (Å²) in [6.45, 7) is 5.43. The summed E-state index contributed by atoms with van der Waals surface area (Å²) in [7, 11) is 0. The molecule has 1 amide bonds. The number of aromatic nitrogens is 3. The maximum absolute atomic E-state index is 12.1. The van der Waals surface area contributed by atoms with Crippen LogP contribution in [0.3, 0.4) is 0 Å². The lowest BCUT2D eigenvalue weighted by atomic mass is 10.0. The molecule has 0 radical (unpaired) electrons. The van der Waals surface area contributed by atoms with Crippen molar-refractivity contribution >= 4 is 11.6 Å². The number of carbonyl (C=O) groups excluding carboxylic acids is 1. The van der Waals surface area contributed by atoms with Crippen LogP contribution in [0.5, 0.6) is 5.75 Å². The number of likely N-dealkylation sites (tertiary alicyclic amines) is 1. The highest BCUT2D eigenvalue weighted by atomic mass is 16.3. The molecular weight excluding hydrogens is 268 g/mol. The van der Waals surface area contributed by atoms with E-state index in [1.807, 2.05) is 11.8 Å². The minimum Gasteiger partial charge on any atom is -0.505 e. The molecule has 6 heteroatoms. The maximum Gasteiger partial charge on any atom is 0.223 e. The monoisotopic (exact) mass is 288 g/mol. The van der Waals surface area contributed by atoms with E-state index in [0.29, 0.717) is 24.5 Å². The number of rotatable bonds is 4. The Labute approximate surface area is 123 Å². The van der Waals surface area contributed by atoms with Gasteiger partial charge >= 0.3 is 0 Å². The van der Waals surface area contributed by atoms with E-state index in [2.05, 4.69) is 17.0 Å². The predicted molar refractivity (Wildman–Crippen MR) is 77.8 cm³/mol. The highest BCUT2D eigenvalue weighted by molar-refractivity contribution is 5.78. The molecule has 0 saturated carbocycles. The molecule has 0 spiro atoms. The quantitative estimate of drug-likeness (QED) is 0.932. The summed E-state index contributed by atoms with van der Waals surface area (Å²) in [5, 5.41) is 13.8. The zero-order chi connectivity index (χ0) is 15.0. The van der Waals surface area contributed by atoms with Crippen LogP contribution in [0.2, 0.25) is 0 Å². The van der Waals surface area contributed by atoms with Crippen LogP contribution in [-0.2, 0) is 11.3 Å². The van der Waals surface area contributed by atoms with E-state index in [9.17, 15) is 9.90 Å². The first-order chi connectivity index (χ1) is 10.1. The van der Waals surface area contributed by atoms with Gasteiger partial charge in [-0.2, -0.15) is 5.10 Å². The first-order valence-corrected chi connectivity index (χ1v) is 7.39. The van der Waals surface area contributed by atoms with Gasteiger partial charge in [0.25, 0.3) is 0 Å². The van der Waals surface area contributed by atoms with Gasteiger partial charge in [-0.15, -0.1) is 0 Å². The second kappa shape index (κ2) is 5.35. The van der Waals surface area contributed by atoms with Crippen molar-refractivity contribution in [3.8, 4) is 5.75 Å². The number of aromatic hydroxyl groups is 1. The van der Waals surface area contributed by atoms with Crippen LogP contribution < -0.4 is 0 Å². The van der Waals surface area contributed by atoms with Crippen LogP contribution in [0.25, 0.3) is 5.65 Å². The molecule has 2 aromatic heterocycles. The van der Waals surface area contributed by atoms with Crippen LogP contribution in [0.15, 0.2) is 12.4 Å². The standard InChI is InChI=1S/C15H20N4O2/c1-3-4-11-5-14(21)18(7-11)9-13-10(2)17-19-8-12(20)6-16-15(13)19/h6,8,11,20H,3-5,7,9H2,1-2H3.